The smallest absolute Gasteiger partial charge is 0.307 e. The third-order valence-electron chi connectivity index (χ3n) is 11.9. The number of fused-ring (bicyclic) bond motifs is 8. The first-order valence-corrected chi connectivity index (χ1v) is 17.7. The fraction of sp³-hybridized carbons (Fsp3) is 0.349. The molecule has 0 N–H and O–H groups in total. The van der Waals surface area contributed by atoms with Crippen LogP contribution in [0, 0.1) is 0 Å². The van der Waals surface area contributed by atoms with E-state index in [0.29, 0.717) is 5.92 Å². The van der Waals surface area contributed by atoms with Gasteiger partial charge in [-0.2, -0.15) is 0 Å². The molecule has 2 aliphatic heterocycles. The van der Waals surface area contributed by atoms with Crippen LogP contribution < -0.4 is 26.1 Å². The summed E-state index contributed by atoms with van der Waals surface area (Å²) in [7, 11) is 0. The van der Waals surface area contributed by atoms with Gasteiger partial charge in [-0.3, -0.25) is 9.97 Å². The topological polar surface area (TPSA) is 44.2 Å². The largest absolute Gasteiger partial charge is 0.456 e. The third-order valence-corrected chi connectivity index (χ3v) is 11.9. The molecule has 0 amide bonds. The summed E-state index contributed by atoms with van der Waals surface area (Å²) in [5.41, 5.74) is 12.4. The Morgan fingerprint density at radius 1 is 0.583 bits per heavy atom. The monoisotopic (exact) mass is 630 g/mol. The molecule has 3 aromatic carbocycles. The summed E-state index contributed by atoms with van der Waals surface area (Å²) in [4.78, 5) is 11.4. The second kappa shape index (κ2) is 10.1. The second-order valence-corrected chi connectivity index (χ2v) is 16.5. The Hall–Kier alpha value is -4.38. The van der Waals surface area contributed by atoms with Crippen molar-refractivity contribution in [3.05, 3.63) is 101 Å². The minimum absolute atomic E-state index is 0.0604. The first-order valence-electron chi connectivity index (χ1n) is 17.7. The average Bonchev–Trinajstić information content (AvgIpc) is 3.08. The van der Waals surface area contributed by atoms with Gasteiger partial charge in [-0.1, -0.05) is 115 Å². The van der Waals surface area contributed by atoms with Crippen LogP contribution in [0.15, 0.2) is 78.9 Å². The molecule has 1 atom stereocenters. The average molecular weight is 631 g/mol. The molecular weight excluding hydrogens is 587 g/mol. The molecule has 2 aliphatic carbocycles. The molecule has 4 aliphatic rings. The number of benzene rings is 3. The zero-order chi connectivity index (χ0) is 33.2. The van der Waals surface area contributed by atoms with Crippen molar-refractivity contribution in [1.82, 2.24) is 9.97 Å². The molecule has 5 aromatic rings. The zero-order valence-electron chi connectivity index (χ0n) is 29.2. The number of rotatable bonds is 2. The number of aromatic nitrogens is 2. The molecule has 0 saturated carbocycles. The molecule has 4 nitrogen and oxygen atoms in total. The molecule has 9 rings (SSSR count). The Labute approximate surface area is 285 Å². The van der Waals surface area contributed by atoms with E-state index < -0.39 is 0 Å². The van der Waals surface area contributed by atoms with Crippen molar-refractivity contribution in [2.24, 2.45) is 0 Å². The van der Waals surface area contributed by atoms with Crippen LogP contribution in [0.1, 0.15) is 102 Å². The Kier molecular flexibility index (Phi) is 6.24. The highest BCUT2D eigenvalue weighted by Gasteiger charge is 2.51. The molecule has 1 unspecified atom stereocenters. The molecule has 5 heteroatoms. The number of hydrogen-bond acceptors (Lipinski definition) is 4. The number of ether oxygens (including phenoxy) is 2. The summed E-state index contributed by atoms with van der Waals surface area (Å²) in [6.45, 7) is 16.4. The van der Waals surface area contributed by atoms with Gasteiger partial charge >= 0.3 is 6.71 Å². The lowest BCUT2D eigenvalue weighted by atomic mass is 9.37. The van der Waals surface area contributed by atoms with E-state index in [0.717, 1.165) is 87.8 Å². The van der Waals surface area contributed by atoms with Crippen molar-refractivity contribution >= 4 is 23.4 Å². The molecule has 0 radical (unpaired) electrons. The van der Waals surface area contributed by atoms with Crippen molar-refractivity contribution in [1.29, 1.82) is 0 Å². The highest BCUT2D eigenvalue weighted by Crippen LogP contribution is 2.54. The van der Waals surface area contributed by atoms with Crippen LogP contribution >= 0.6 is 0 Å². The summed E-state index contributed by atoms with van der Waals surface area (Å²) >= 11 is 0. The Balaban J connectivity index is 1.43. The molecule has 2 aromatic heterocycles. The van der Waals surface area contributed by atoms with E-state index in [4.69, 9.17) is 19.4 Å². The fourth-order valence-electron chi connectivity index (χ4n) is 9.19. The maximum atomic E-state index is 7.07. The number of pyridine rings is 2. The fourth-order valence-corrected chi connectivity index (χ4v) is 9.19. The van der Waals surface area contributed by atoms with Crippen LogP contribution in [0.2, 0.25) is 0 Å². The maximum Gasteiger partial charge on any atom is 0.307 e. The van der Waals surface area contributed by atoms with Crippen molar-refractivity contribution in [2.45, 2.75) is 96.3 Å². The van der Waals surface area contributed by atoms with E-state index in [1.165, 1.54) is 22.3 Å². The highest BCUT2D eigenvalue weighted by atomic mass is 16.5. The van der Waals surface area contributed by atoms with Gasteiger partial charge in [0.1, 0.15) is 23.0 Å². The lowest BCUT2D eigenvalue weighted by Crippen LogP contribution is -2.61. The van der Waals surface area contributed by atoms with E-state index in [2.05, 4.69) is 127 Å². The predicted molar refractivity (Wildman–Crippen MR) is 197 cm³/mol. The first kappa shape index (κ1) is 29.7. The van der Waals surface area contributed by atoms with Gasteiger partial charge in [0.15, 0.2) is 0 Å². The van der Waals surface area contributed by atoms with Gasteiger partial charge in [-0.25, -0.2) is 0 Å². The third kappa shape index (κ3) is 4.15. The summed E-state index contributed by atoms with van der Waals surface area (Å²) in [6.07, 6.45) is 4.39. The van der Waals surface area contributed by atoms with E-state index in [1.807, 2.05) is 0 Å². The van der Waals surface area contributed by atoms with Crippen molar-refractivity contribution < 1.29 is 9.47 Å². The molecule has 240 valence electrons. The molecular formula is C43H43BN2O2. The predicted octanol–water partition coefficient (Wildman–Crippen LogP) is 9.06. The summed E-state index contributed by atoms with van der Waals surface area (Å²) < 4.78 is 14.1. The number of nitrogens with zero attached hydrogens (tertiary/aromatic N) is 2. The molecule has 4 heterocycles. The Morgan fingerprint density at radius 3 is 1.69 bits per heavy atom. The quantitative estimate of drug-likeness (QED) is 0.179. The lowest BCUT2D eigenvalue weighted by molar-refractivity contribution is 0.319. The highest BCUT2D eigenvalue weighted by molar-refractivity contribution is 6.97. The van der Waals surface area contributed by atoms with Gasteiger partial charge in [0, 0.05) is 27.7 Å². The Bertz CT molecular complexity index is 2130. The van der Waals surface area contributed by atoms with Crippen LogP contribution in [-0.2, 0) is 16.2 Å². The zero-order valence-corrected chi connectivity index (χ0v) is 29.2. The minimum Gasteiger partial charge on any atom is -0.456 e. The SMILES string of the molecule is CC1CCC(C)(C)c2c3c(nc(-c4ccccc4)c21)B1c2nc(-c4ccccc4)c4c(c2Oc2cccc(c21)O3)C(C)(C)CCC4(C)C. The van der Waals surface area contributed by atoms with Crippen molar-refractivity contribution in [2.75, 3.05) is 0 Å². The van der Waals surface area contributed by atoms with E-state index in [-0.39, 0.29) is 23.0 Å². The standard InChI is InChI=1S/C43H43BN2O2/c1-25-21-22-41(2,3)31-30(25)35(26-15-10-8-11-16-26)45-39-37(31)47-28-19-14-20-29-34(28)44(39)40-38(48-29)33-32(42(4,5)23-24-43(33,6)7)36(46-40)27-17-12-9-13-18-27/h8-20,25H,21-24H2,1-7H3. The van der Waals surface area contributed by atoms with Crippen molar-refractivity contribution in [3.8, 4) is 45.5 Å². The van der Waals surface area contributed by atoms with E-state index in [9.17, 15) is 0 Å². The van der Waals surface area contributed by atoms with Crippen LogP contribution in [-0.4, -0.2) is 16.7 Å². The van der Waals surface area contributed by atoms with Gasteiger partial charge < -0.3 is 9.47 Å². The molecule has 0 spiro atoms. The summed E-state index contributed by atoms with van der Waals surface area (Å²) in [5, 5.41) is 0. The van der Waals surface area contributed by atoms with Gasteiger partial charge in [-0.05, 0) is 71.1 Å². The van der Waals surface area contributed by atoms with Gasteiger partial charge in [0.25, 0.3) is 0 Å². The summed E-state index contributed by atoms with van der Waals surface area (Å²) in [6, 6.07) is 27.8. The maximum absolute atomic E-state index is 7.07. The molecule has 0 fully saturated rings. The van der Waals surface area contributed by atoms with Crippen LogP contribution in [0.25, 0.3) is 22.5 Å². The normalized spacial score (nSPS) is 20.2. The molecule has 48 heavy (non-hydrogen) atoms. The van der Waals surface area contributed by atoms with Gasteiger partial charge in [-0.15, -0.1) is 0 Å². The second-order valence-electron chi connectivity index (χ2n) is 16.5. The molecule has 0 saturated heterocycles. The van der Waals surface area contributed by atoms with E-state index >= 15 is 0 Å². The first-order chi connectivity index (χ1) is 23.0. The van der Waals surface area contributed by atoms with E-state index in [1.54, 1.807) is 0 Å². The van der Waals surface area contributed by atoms with Crippen molar-refractivity contribution in [3.63, 3.8) is 0 Å². The van der Waals surface area contributed by atoms with Gasteiger partial charge in [0.2, 0.25) is 0 Å². The molecule has 0 bridgehead atoms. The summed E-state index contributed by atoms with van der Waals surface area (Å²) in [5.74, 6) is 3.90. The van der Waals surface area contributed by atoms with Crippen LogP contribution in [0.4, 0.5) is 0 Å². The minimum atomic E-state index is -0.224. The lowest BCUT2D eigenvalue weighted by Gasteiger charge is -2.45. The van der Waals surface area contributed by atoms with Gasteiger partial charge in [0.05, 0.1) is 22.6 Å². The number of hydrogen-bond donors (Lipinski definition) is 0. The van der Waals surface area contributed by atoms with Crippen LogP contribution in [0.3, 0.4) is 0 Å². The Morgan fingerprint density at radius 2 is 1.08 bits per heavy atom. The van der Waals surface area contributed by atoms with Crippen LogP contribution in [0.5, 0.6) is 23.0 Å².